The van der Waals surface area contributed by atoms with Gasteiger partial charge in [0.2, 0.25) is 5.91 Å². The Morgan fingerprint density at radius 1 is 1.55 bits per heavy atom. The van der Waals surface area contributed by atoms with Crippen molar-refractivity contribution in [2.75, 3.05) is 29.9 Å². The average molecular weight is 297 g/mol. The fraction of sp³-hybridized carbons (Fsp3) is 0.500. The van der Waals surface area contributed by atoms with Crippen molar-refractivity contribution in [1.29, 1.82) is 0 Å². The molecular formula is C14H20FN3OS. The van der Waals surface area contributed by atoms with Crippen LogP contribution in [0.3, 0.4) is 0 Å². The van der Waals surface area contributed by atoms with Gasteiger partial charge in [0, 0.05) is 23.6 Å². The molecule has 0 saturated carbocycles. The highest BCUT2D eigenvalue weighted by Gasteiger charge is 2.26. The minimum Gasteiger partial charge on any atom is -0.397 e. The maximum absolute atomic E-state index is 12.9. The van der Waals surface area contributed by atoms with Crippen LogP contribution in [-0.4, -0.2) is 40.9 Å². The smallest absolute Gasteiger partial charge is 0.238 e. The Hall–Kier alpha value is -1.27. The molecule has 4 nitrogen and oxygen atoms in total. The van der Waals surface area contributed by atoms with Crippen molar-refractivity contribution in [2.24, 2.45) is 0 Å². The number of halogens is 1. The summed E-state index contributed by atoms with van der Waals surface area (Å²) in [5.41, 5.74) is 6.39. The summed E-state index contributed by atoms with van der Waals surface area (Å²) in [6, 6.07) is 4.34. The summed E-state index contributed by atoms with van der Waals surface area (Å²) in [5.74, 6) is 0.516. The number of hydrogen-bond acceptors (Lipinski definition) is 4. The number of nitrogens with two attached hydrogens (primary N) is 1. The van der Waals surface area contributed by atoms with Crippen molar-refractivity contribution in [3.8, 4) is 0 Å². The van der Waals surface area contributed by atoms with Crippen molar-refractivity contribution >= 4 is 29.0 Å². The van der Waals surface area contributed by atoms with E-state index in [9.17, 15) is 9.18 Å². The van der Waals surface area contributed by atoms with Gasteiger partial charge in [-0.05, 0) is 25.1 Å². The number of carbonyl (C=O) groups excluding carboxylic acids is 1. The summed E-state index contributed by atoms with van der Waals surface area (Å²) >= 11 is 1.93. The predicted molar refractivity (Wildman–Crippen MR) is 82.4 cm³/mol. The van der Waals surface area contributed by atoms with Gasteiger partial charge in [0.25, 0.3) is 0 Å². The van der Waals surface area contributed by atoms with E-state index in [0.717, 1.165) is 12.3 Å². The van der Waals surface area contributed by atoms with Crippen LogP contribution >= 0.6 is 11.8 Å². The van der Waals surface area contributed by atoms with E-state index in [1.807, 2.05) is 11.8 Å². The standard InChI is InChI=1S/C14H20FN3OS/c1-9-10(2)20-6-5-18(9)8-14(19)17-13-4-3-11(15)7-12(13)16/h3-4,7,9-10H,5-6,8,16H2,1-2H3,(H,17,19). The number of anilines is 2. The number of hydrogen-bond donors (Lipinski definition) is 2. The molecule has 6 heteroatoms. The Kier molecular flexibility index (Phi) is 4.88. The molecule has 1 aromatic rings. The van der Waals surface area contributed by atoms with Gasteiger partial charge in [-0.25, -0.2) is 4.39 Å². The second-order valence-electron chi connectivity index (χ2n) is 5.07. The third kappa shape index (κ3) is 3.64. The van der Waals surface area contributed by atoms with Gasteiger partial charge in [-0.1, -0.05) is 6.92 Å². The molecule has 1 aliphatic heterocycles. The Morgan fingerprint density at radius 2 is 2.30 bits per heavy atom. The fourth-order valence-corrected chi connectivity index (χ4v) is 3.40. The molecule has 0 aliphatic carbocycles. The molecule has 1 saturated heterocycles. The van der Waals surface area contributed by atoms with Gasteiger partial charge in [0.05, 0.1) is 17.9 Å². The first-order valence-corrected chi connectivity index (χ1v) is 7.73. The lowest BCUT2D eigenvalue weighted by Gasteiger charge is -2.36. The zero-order chi connectivity index (χ0) is 14.7. The summed E-state index contributed by atoms with van der Waals surface area (Å²) in [6.07, 6.45) is 0. The van der Waals surface area contributed by atoms with Crippen LogP contribution in [0.5, 0.6) is 0 Å². The van der Waals surface area contributed by atoms with Crippen LogP contribution in [0.1, 0.15) is 13.8 Å². The largest absolute Gasteiger partial charge is 0.397 e. The van der Waals surface area contributed by atoms with Gasteiger partial charge in [0.1, 0.15) is 5.82 Å². The Morgan fingerprint density at radius 3 is 3.00 bits per heavy atom. The maximum Gasteiger partial charge on any atom is 0.238 e. The molecule has 1 aliphatic rings. The maximum atomic E-state index is 12.9. The summed E-state index contributed by atoms with van der Waals surface area (Å²) in [6.45, 7) is 5.55. The van der Waals surface area contributed by atoms with Crippen LogP contribution in [0.25, 0.3) is 0 Å². The van der Waals surface area contributed by atoms with E-state index in [1.54, 1.807) is 0 Å². The average Bonchev–Trinajstić information content (AvgIpc) is 2.38. The number of nitrogen functional groups attached to an aromatic ring is 1. The molecular weight excluding hydrogens is 277 g/mol. The molecule has 3 N–H and O–H groups in total. The molecule has 1 amide bonds. The van der Waals surface area contributed by atoms with Gasteiger partial charge in [-0.15, -0.1) is 0 Å². The second-order valence-corrected chi connectivity index (χ2v) is 6.55. The Bertz CT molecular complexity index is 497. The predicted octanol–water partition coefficient (Wildman–Crippen LogP) is 2.17. The van der Waals surface area contributed by atoms with Gasteiger partial charge < -0.3 is 11.1 Å². The lowest BCUT2D eigenvalue weighted by molar-refractivity contribution is -0.117. The summed E-state index contributed by atoms with van der Waals surface area (Å²) in [4.78, 5) is 14.2. The van der Waals surface area contributed by atoms with Crippen LogP contribution in [0.4, 0.5) is 15.8 Å². The molecule has 1 heterocycles. The molecule has 1 aromatic carbocycles. The third-order valence-corrected chi connectivity index (χ3v) is 4.99. The fourth-order valence-electron chi connectivity index (χ4n) is 2.24. The monoisotopic (exact) mass is 297 g/mol. The minimum atomic E-state index is -0.406. The quantitative estimate of drug-likeness (QED) is 0.840. The lowest BCUT2D eigenvalue weighted by Crippen LogP contribution is -2.47. The number of rotatable bonds is 3. The molecule has 2 unspecified atom stereocenters. The van der Waals surface area contributed by atoms with Crippen LogP contribution in [-0.2, 0) is 4.79 Å². The zero-order valence-electron chi connectivity index (χ0n) is 11.7. The molecule has 2 rings (SSSR count). The topological polar surface area (TPSA) is 58.4 Å². The zero-order valence-corrected chi connectivity index (χ0v) is 12.5. The van der Waals surface area contributed by atoms with E-state index in [4.69, 9.17) is 5.73 Å². The first-order valence-electron chi connectivity index (χ1n) is 6.68. The van der Waals surface area contributed by atoms with E-state index >= 15 is 0 Å². The number of benzene rings is 1. The molecule has 2 atom stereocenters. The number of nitrogens with one attached hydrogen (secondary N) is 1. The summed E-state index contributed by atoms with van der Waals surface area (Å²) < 4.78 is 12.9. The van der Waals surface area contributed by atoms with E-state index in [-0.39, 0.29) is 11.6 Å². The van der Waals surface area contributed by atoms with Crippen LogP contribution in [0.2, 0.25) is 0 Å². The highest BCUT2D eigenvalue weighted by atomic mass is 32.2. The number of nitrogens with zero attached hydrogens (tertiary/aromatic N) is 1. The summed E-state index contributed by atoms with van der Waals surface area (Å²) in [7, 11) is 0. The SMILES string of the molecule is CC1SCCN(CC(=O)Nc2ccc(F)cc2N)C1C. The third-order valence-electron chi connectivity index (χ3n) is 3.65. The van der Waals surface area contributed by atoms with Crippen molar-refractivity contribution in [3.63, 3.8) is 0 Å². The van der Waals surface area contributed by atoms with Gasteiger partial charge in [0.15, 0.2) is 0 Å². The normalized spacial score (nSPS) is 23.6. The molecule has 0 spiro atoms. The van der Waals surface area contributed by atoms with Crippen LogP contribution in [0, 0.1) is 5.82 Å². The second kappa shape index (κ2) is 6.45. The molecule has 0 radical (unpaired) electrons. The van der Waals surface area contributed by atoms with E-state index < -0.39 is 5.82 Å². The number of amides is 1. The molecule has 1 fully saturated rings. The van der Waals surface area contributed by atoms with Crippen LogP contribution in [0.15, 0.2) is 18.2 Å². The number of thioether (sulfide) groups is 1. The highest BCUT2D eigenvalue weighted by Crippen LogP contribution is 2.24. The molecule has 20 heavy (non-hydrogen) atoms. The van der Waals surface area contributed by atoms with Crippen molar-refractivity contribution in [1.82, 2.24) is 4.90 Å². The Balaban J connectivity index is 1.95. The van der Waals surface area contributed by atoms with Gasteiger partial charge in [-0.3, -0.25) is 9.69 Å². The minimum absolute atomic E-state index is 0.116. The van der Waals surface area contributed by atoms with Gasteiger partial charge >= 0.3 is 0 Å². The first kappa shape index (κ1) is 15.1. The molecule has 0 bridgehead atoms. The molecule has 0 aromatic heterocycles. The lowest BCUT2D eigenvalue weighted by atomic mass is 10.2. The van der Waals surface area contributed by atoms with Crippen LogP contribution < -0.4 is 11.1 Å². The van der Waals surface area contributed by atoms with Crippen molar-refractivity contribution < 1.29 is 9.18 Å². The Labute approximate surface area is 122 Å². The van der Waals surface area contributed by atoms with E-state index in [0.29, 0.717) is 23.5 Å². The van der Waals surface area contributed by atoms with Crippen molar-refractivity contribution in [2.45, 2.75) is 25.1 Å². The first-order chi connectivity index (χ1) is 9.47. The number of carbonyl (C=O) groups is 1. The van der Waals surface area contributed by atoms with E-state index in [1.165, 1.54) is 18.2 Å². The van der Waals surface area contributed by atoms with E-state index in [2.05, 4.69) is 24.1 Å². The molecule has 110 valence electrons. The summed E-state index contributed by atoms with van der Waals surface area (Å²) in [5, 5.41) is 3.26. The highest BCUT2D eigenvalue weighted by molar-refractivity contribution is 8.00. The van der Waals surface area contributed by atoms with Crippen molar-refractivity contribution in [3.05, 3.63) is 24.0 Å². The van der Waals surface area contributed by atoms with Gasteiger partial charge in [-0.2, -0.15) is 11.8 Å².